The Bertz CT molecular complexity index is 2730. The van der Waals surface area contributed by atoms with E-state index in [0.717, 1.165) is 27.8 Å². The summed E-state index contributed by atoms with van der Waals surface area (Å²) >= 11 is 1.83. The molecule has 2 heterocycles. The fourth-order valence-corrected chi connectivity index (χ4v) is 9.11. The molecule has 0 N–H and O–H groups in total. The second-order valence-corrected chi connectivity index (χ2v) is 20.3. The molecule has 2 aromatic heterocycles. The molecule has 0 bridgehead atoms. The minimum atomic E-state index is -1.36. The van der Waals surface area contributed by atoms with Crippen molar-refractivity contribution in [1.82, 2.24) is 15.0 Å². The third kappa shape index (κ3) is 6.05. The number of thiophene rings is 1. The Morgan fingerprint density at radius 3 is 1.53 bits per heavy atom. The molecule has 0 amide bonds. The molecular weight excluding hydrogens is 655 g/mol. The highest BCUT2D eigenvalue weighted by Crippen LogP contribution is 2.39. The first-order valence-corrected chi connectivity index (χ1v) is 21.7. The Morgan fingerprint density at radius 1 is 0.373 bits per heavy atom. The second-order valence-electron chi connectivity index (χ2n) is 14.2. The summed E-state index contributed by atoms with van der Waals surface area (Å²) in [5.41, 5.74) is 7.59. The van der Waals surface area contributed by atoms with Crippen molar-refractivity contribution >= 4 is 55.5 Å². The van der Waals surface area contributed by atoms with Crippen molar-refractivity contribution < 1.29 is 0 Å². The normalized spacial score (nSPS) is 11.8. The topological polar surface area (TPSA) is 38.7 Å². The Labute approximate surface area is 303 Å². The number of hydrogen-bond acceptors (Lipinski definition) is 4. The van der Waals surface area contributed by atoms with E-state index in [1.165, 1.54) is 47.3 Å². The van der Waals surface area contributed by atoms with Gasteiger partial charge in [-0.2, -0.15) is 0 Å². The Balaban J connectivity index is 1.13. The van der Waals surface area contributed by atoms with Gasteiger partial charge in [-0.1, -0.05) is 140 Å². The van der Waals surface area contributed by atoms with Crippen LogP contribution in [0.25, 0.3) is 87.4 Å². The van der Waals surface area contributed by atoms with Crippen LogP contribution in [-0.4, -0.2) is 23.0 Å². The Hall–Kier alpha value is -5.75. The van der Waals surface area contributed by atoms with Crippen LogP contribution in [0, 0.1) is 0 Å². The van der Waals surface area contributed by atoms with Crippen LogP contribution in [-0.2, 0) is 0 Å². The van der Waals surface area contributed by atoms with Crippen LogP contribution >= 0.6 is 11.3 Å². The first kappa shape index (κ1) is 31.2. The second kappa shape index (κ2) is 12.5. The minimum Gasteiger partial charge on any atom is -0.208 e. The van der Waals surface area contributed by atoms with Gasteiger partial charge in [0.15, 0.2) is 17.5 Å². The lowest BCUT2D eigenvalue weighted by Crippen LogP contribution is -2.37. The van der Waals surface area contributed by atoms with Crippen LogP contribution in [0.5, 0.6) is 0 Å². The molecule has 3 nitrogen and oxygen atoms in total. The highest BCUT2D eigenvalue weighted by Gasteiger charge is 2.17. The Morgan fingerprint density at radius 2 is 0.863 bits per heavy atom. The van der Waals surface area contributed by atoms with Crippen LogP contribution in [0.1, 0.15) is 0 Å². The monoisotopic (exact) mass is 689 g/mol. The smallest absolute Gasteiger partial charge is 0.164 e. The largest absolute Gasteiger partial charge is 0.208 e. The molecule has 0 radical (unpaired) electrons. The predicted molar refractivity (Wildman–Crippen MR) is 220 cm³/mol. The van der Waals surface area contributed by atoms with Crippen molar-refractivity contribution in [3.8, 4) is 56.4 Å². The molecule has 51 heavy (non-hydrogen) atoms. The minimum absolute atomic E-state index is 0.653. The van der Waals surface area contributed by atoms with Crippen molar-refractivity contribution in [1.29, 1.82) is 0 Å². The van der Waals surface area contributed by atoms with Gasteiger partial charge in [-0.3, -0.25) is 0 Å². The summed E-state index contributed by atoms with van der Waals surface area (Å²) in [6.07, 6.45) is 0. The number of hydrogen-bond donors (Lipinski definition) is 0. The van der Waals surface area contributed by atoms with Gasteiger partial charge >= 0.3 is 0 Å². The van der Waals surface area contributed by atoms with Crippen LogP contribution in [0.15, 0.2) is 158 Å². The molecule has 0 saturated heterocycles. The average molecular weight is 690 g/mol. The van der Waals surface area contributed by atoms with E-state index in [9.17, 15) is 0 Å². The number of rotatable bonds is 6. The van der Waals surface area contributed by atoms with E-state index in [4.69, 9.17) is 15.0 Å². The molecule has 0 fully saturated rings. The lowest BCUT2D eigenvalue weighted by Gasteiger charge is -2.17. The van der Waals surface area contributed by atoms with Gasteiger partial charge in [0.05, 0.1) is 8.07 Å². The van der Waals surface area contributed by atoms with Crippen molar-refractivity contribution in [2.45, 2.75) is 19.6 Å². The van der Waals surface area contributed by atoms with E-state index in [-0.39, 0.29) is 0 Å². The lowest BCUT2D eigenvalue weighted by molar-refractivity contribution is 1.07. The molecule has 7 aromatic carbocycles. The number of benzene rings is 7. The van der Waals surface area contributed by atoms with E-state index in [1.807, 2.05) is 29.5 Å². The zero-order valence-electron chi connectivity index (χ0n) is 28.8. The molecule has 9 aromatic rings. The number of aromatic nitrogens is 3. The molecule has 0 saturated carbocycles. The SMILES string of the molecule is C[Si](C)(C)c1ccc(-c2cccc(-c3cccc(-c4nc(-c5ccccc5)nc(-c5ccc6sc7cc8ccccc8cc7c6c5)n4)c3)c2)cc1. The molecular formula is C46H35N3SSi. The highest BCUT2D eigenvalue weighted by molar-refractivity contribution is 7.25. The fraction of sp³-hybridized carbons (Fsp3) is 0.0652. The summed E-state index contributed by atoms with van der Waals surface area (Å²) in [5, 5.41) is 6.46. The first-order chi connectivity index (χ1) is 24.9. The summed E-state index contributed by atoms with van der Waals surface area (Å²) in [5.74, 6) is 1.97. The highest BCUT2D eigenvalue weighted by atomic mass is 32.1. The zero-order valence-corrected chi connectivity index (χ0v) is 30.6. The number of nitrogens with zero attached hydrogens (tertiary/aromatic N) is 3. The van der Waals surface area contributed by atoms with Gasteiger partial charge in [-0.05, 0) is 75.5 Å². The molecule has 9 rings (SSSR count). The van der Waals surface area contributed by atoms with Crippen molar-refractivity contribution in [2.24, 2.45) is 0 Å². The quantitative estimate of drug-likeness (QED) is 0.163. The summed E-state index contributed by atoms with van der Waals surface area (Å²) in [4.78, 5) is 15.2. The van der Waals surface area contributed by atoms with Crippen molar-refractivity contribution in [3.63, 3.8) is 0 Å². The van der Waals surface area contributed by atoms with Gasteiger partial charge in [-0.15, -0.1) is 11.3 Å². The van der Waals surface area contributed by atoms with E-state index >= 15 is 0 Å². The predicted octanol–water partition coefficient (Wildman–Crippen LogP) is 12.3. The average Bonchev–Trinajstić information content (AvgIpc) is 3.53. The van der Waals surface area contributed by atoms with Crippen molar-refractivity contribution in [2.75, 3.05) is 0 Å². The maximum Gasteiger partial charge on any atom is 0.164 e. The van der Waals surface area contributed by atoms with Gasteiger partial charge < -0.3 is 0 Å². The van der Waals surface area contributed by atoms with Crippen LogP contribution in [0.4, 0.5) is 0 Å². The maximum absolute atomic E-state index is 5.13. The summed E-state index contributed by atoms with van der Waals surface area (Å²) < 4.78 is 2.54. The molecule has 0 atom stereocenters. The van der Waals surface area contributed by atoms with E-state index < -0.39 is 8.07 Å². The molecule has 244 valence electrons. The standard InChI is InChI=1S/C46H35N3SSi/c1-51(2,3)39-22-19-30(20-23-39)32-15-9-16-33(25-32)34-17-10-18-37(26-34)45-47-44(31-11-5-4-6-12-31)48-46(49-45)38-21-24-42-40(28-38)41-27-35-13-7-8-14-36(35)29-43(41)50-42/h4-29H,1-3H3. The van der Waals surface area contributed by atoms with E-state index in [0.29, 0.717) is 17.5 Å². The summed E-state index contributed by atoms with van der Waals surface area (Å²) in [6, 6.07) is 56.4. The Kier molecular flexibility index (Phi) is 7.68. The summed E-state index contributed by atoms with van der Waals surface area (Å²) in [6.45, 7) is 7.16. The molecule has 0 aliphatic heterocycles. The maximum atomic E-state index is 5.13. The van der Waals surface area contributed by atoms with Crippen LogP contribution in [0.2, 0.25) is 19.6 Å². The van der Waals surface area contributed by atoms with Crippen LogP contribution < -0.4 is 5.19 Å². The molecule has 0 aliphatic carbocycles. The summed E-state index contributed by atoms with van der Waals surface area (Å²) in [7, 11) is -1.36. The van der Waals surface area contributed by atoms with Gasteiger partial charge in [0.2, 0.25) is 0 Å². The third-order valence-electron chi connectivity index (χ3n) is 9.66. The molecule has 0 aliphatic rings. The van der Waals surface area contributed by atoms with E-state index in [2.05, 4.69) is 159 Å². The fourth-order valence-electron chi connectivity index (χ4n) is 6.83. The van der Waals surface area contributed by atoms with Gasteiger partial charge in [0.1, 0.15) is 0 Å². The number of fused-ring (bicyclic) bond motifs is 4. The lowest BCUT2D eigenvalue weighted by atomic mass is 9.98. The first-order valence-electron chi connectivity index (χ1n) is 17.3. The van der Waals surface area contributed by atoms with Gasteiger partial charge in [0.25, 0.3) is 0 Å². The van der Waals surface area contributed by atoms with Gasteiger partial charge in [0, 0.05) is 36.9 Å². The van der Waals surface area contributed by atoms with Gasteiger partial charge in [-0.25, -0.2) is 15.0 Å². The molecule has 0 spiro atoms. The molecule has 0 unspecified atom stereocenters. The zero-order chi connectivity index (χ0) is 34.5. The molecule has 5 heteroatoms. The van der Waals surface area contributed by atoms with E-state index in [1.54, 1.807) is 0 Å². The van der Waals surface area contributed by atoms with Crippen LogP contribution in [0.3, 0.4) is 0 Å². The van der Waals surface area contributed by atoms with Crippen molar-refractivity contribution in [3.05, 3.63) is 158 Å². The third-order valence-corrected chi connectivity index (χ3v) is 12.9.